The summed E-state index contributed by atoms with van der Waals surface area (Å²) in [5, 5.41) is 23.3. The van der Waals surface area contributed by atoms with Crippen molar-refractivity contribution in [2.45, 2.75) is 42.7 Å². The molecule has 2 N–H and O–H groups in total. The molecule has 0 saturated heterocycles. The first-order chi connectivity index (χ1) is 10.0. The van der Waals surface area contributed by atoms with E-state index in [4.69, 9.17) is 0 Å². The number of nitrogens with one attached hydrogen (secondary N) is 1. The lowest BCUT2D eigenvalue weighted by atomic mass is 9.93. The van der Waals surface area contributed by atoms with Crippen LogP contribution >= 0.6 is 11.8 Å². The van der Waals surface area contributed by atoms with E-state index in [0.717, 1.165) is 12.8 Å². The van der Waals surface area contributed by atoms with Crippen molar-refractivity contribution in [3.63, 3.8) is 0 Å². The zero-order chi connectivity index (χ0) is 15.4. The second-order valence-electron chi connectivity index (χ2n) is 5.12. The first-order valence-corrected chi connectivity index (χ1v) is 8.05. The number of hydrogen-bond donors (Lipinski definition) is 2. The van der Waals surface area contributed by atoms with Crippen molar-refractivity contribution in [2.24, 2.45) is 0 Å². The van der Waals surface area contributed by atoms with Gasteiger partial charge in [-0.25, -0.2) is 0 Å². The lowest BCUT2D eigenvalue weighted by Gasteiger charge is -2.26. The van der Waals surface area contributed by atoms with Gasteiger partial charge in [0.05, 0.1) is 15.9 Å². The Balaban J connectivity index is 2.09. The smallest absolute Gasteiger partial charge is 0.283 e. The molecule has 0 aromatic heterocycles. The van der Waals surface area contributed by atoms with Gasteiger partial charge in [-0.2, -0.15) is 0 Å². The van der Waals surface area contributed by atoms with Crippen molar-refractivity contribution in [1.29, 1.82) is 0 Å². The Kier molecular flexibility index (Phi) is 5.19. The fraction of sp³-hybridized carbons (Fsp3) is 0.500. The van der Waals surface area contributed by atoms with Crippen molar-refractivity contribution < 1.29 is 14.8 Å². The highest BCUT2D eigenvalue weighted by Gasteiger charge is 2.22. The van der Waals surface area contributed by atoms with Crippen LogP contribution in [0.5, 0.6) is 0 Å². The molecule has 1 saturated carbocycles. The van der Waals surface area contributed by atoms with E-state index in [1.807, 2.05) is 0 Å². The zero-order valence-corrected chi connectivity index (χ0v) is 12.6. The standard InChI is InChI=1S/C14H18N2O4S/c1-21-13-7-2-9(8-12(13)16(19)20)14(18)15-10-3-5-11(17)6-4-10/h2,7-8,10-11,17H,3-6H2,1H3,(H,15,18). The van der Waals surface area contributed by atoms with Gasteiger partial charge in [-0.05, 0) is 44.1 Å². The molecular weight excluding hydrogens is 292 g/mol. The van der Waals surface area contributed by atoms with Gasteiger partial charge in [0.15, 0.2) is 0 Å². The number of nitro groups is 1. The van der Waals surface area contributed by atoms with E-state index in [-0.39, 0.29) is 23.7 Å². The number of carbonyl (C=O) groups excluding carboxylic acids is 1. The molecule has 1 aliphatic rings. The van der Waals surface area contributed by atoms with Gasteiger partial charge < -0.3 is 10.4 Å². The molecule has 0 bridgehead atoms. The Labute approximate surface area is 127 Å². The van der Waals surface area contributed by atoms with E-state index in [2.05, 4.69) is 5.32 Å². The Morgan fingerprint density at radius 3 is 2.62 bits per heavy atom. The predicted octanol–water partition coefficient (Wildman–Crippen LogP) is 2.35. The fourth-order valence-corrected chi connectivity index (χ4v) is 3.01. The van der Waals surface area contributed by atoms with Crippen LogP contribution in [0.25, 0.3) is 0 Å². The summed E-state index contributed by atoms with van der Waals surface area (Å²) < 4.78 is 0. The molecule has 1 aromatic carbocycles. The van der Waals surface area contributed by atoms with Crippen molar-refractivity contribution >= 4 is 23.4 Å². The van der Waals surface area contributed by atoms with Gasteiger partial charge >= 0.3 is 0 Å². The number of carbonyl (C=O) groups is 1. The van der Waals surface area contributed by atoms with E-state index in [1.54, 1.807) is 18.4 Å². The van der Waals surface area contributed by atoms with Crippen molar-refractivity contribution in [3.8, 4) is 0 Å². The fourth-order valence-electron chi connectivity index (χ4n) is 2.46. The SMILES string of the molecule is CSc1ccc(C(=O)NC2CCC(O)CC2)cc1[N+](=O)[O-]. The topological polar surface area (TPSA) is 92.5 Å². The third-order valence-corrected chi connectivity index (χ3v) is 4.45. The molecule has 1 fully saturated rings. The largest absolute Gasteiger partial charge is 0.393 e. The second kappa shape index (κ2) is 6.91. The molecule has 6 nitrogen and oxygen atoms in total. The Morgan fingerprint density at radius 2 is 2.05 bits per heavy atom. The molecule has 0 atom stereocenters. The van der Waals surface area contributed by atoms with Gasteiger partial charge in [0, 0.05) is 17.7 Å². The number of nitro benzene ring substituents is 1. The van der Waals surface area contributed by atoms with Gasteiger partial charge in [0.1, 0.15) is 0 Å². The summed E-state index contributed by atoms with van der Waals surface area (Å²) in [5.74, 6) is -0.299. The minimum absolute atomic E-state index is 0.0279. The summed E-state index contributed by atoms with van der Waals surface area (Å²) in [6.45, 7) is 0. The highest BCUT2D eigenvalue weighted by atomic mass is 32.2. The first-order valence-electron chi connectivity index (χ1n) is 6.82. The summed E-state index contributed by atoms with van der Waals surface area (Å²) in [7, 11) is 0. The number of aliphatic hydroxyl groups excluding tert-OH is 1. The Bertz CT molecular complexity index is 542. The van der Waals surface area contributed by atoms with Crippen LogP contribution in [-0.2, 0) is 0 Å². The van der Waals surface area contributed by atoms with Crippen LogP contribution in [0, 0.1) is 10.1 Å². The maximum absolute atomic E-state index is 12.2. The third-order valence-electron chi connectivity index (χ3n) is 3.67. The van der Waals surface area contributed by atoms with Crippen LogP contribution in [0.15, 0.2) is 23.1 Å². The summed E-state index contributed by atoms with van der Waals surface area (Å²) in [6.07, 6.45) is 4.30. The number of aliphatic hydroxyl groups is 1. The number of benzene rings is 1. The molecule has 0 unspecified atom stereocenters. The van der Waals surface area contributed by atoms with Crippen molar-refractivity contribution in [1.82, 2.24) is 5.32 Å². The highest BCUT2D eigenvalue weighted by molar-refractivity contribution is 7.98. The molecule has 1 aliphatic carbocycles. The third kappa shape index (κ3) is 3.95. The van der Waals surface area contributed by atoms with Crippen LogP contribution in [-0.4, -0.2) is 34.3 Å². The average molecular weight is 310 g/mol. The summed E-state index contributed by atoms with van der Waals surface area (Å²) in [6, 6.07) is 4.55. The van der Waals surface area contributed by atoms with Gasteiger partial charge in [-0.3, -0.25) is 14.9 Å². The minimum atomic E-state index is -0.473. The maximum Gasteiger partial charge on any atom is 0.283 e. The van der Waals surface area contributed by atoms with Gasteiger partial charge in [-0.15, -0.1) is 11.8 Å². The molecule has 0 spiro atoms. The number of thioether (sulfide) groups is 1. The number of amides is 1. The van der Waals surface area contributed by atoms with E-state index < -0.39 is 4.92 Å². The van der Waals surface area contributed by atoms with Crippen LogP contribution < -0.4 is 5.32 Å². The summed E-state index contributed by atoms with van der Waals surface area (Å²) in [4.78, 5) is 23.2. The molecule has 1 aromatic rings. The predicted molar refractivity (Wildman–Crippen MR) is 80.6 cm³/mol. The maximum atomic E-state index is 12.2. The molecule has 7 heteroatoms. The van der Waals surface area contributed by atoms with Gasteiger partial charge in [0.25, 0.3) is 11.6 Å². The quantitative estimate of drug-likeness (QED) is 0.506. The molecule has 114 valence electrons. The van der Waals surface area contributed by atoms with Gasteiger partial charge in [-0.1, -0.05) is 0 Å². The van der Waals surface area contributed by atoms with E-state index in [1.165, 1.54) is 17.8 Å². The summed E-state index contributed by atoms with van der Waals surface area (Å²) in [5.41, 5.74) is 0.250. The van der Waals surface area contributed by atoms with Crippen molar-refractivity contribution in [2.75, 3.05) is 6.26 Å². The second-order valence-corrected chi connectivity index (χ2v) is 5.97. The molecule has 0 aliphatic heterocycles. The molecule has 1 amide bonds. The molecule has 0 heterocycles. The molecule has 21 heavy (non-hydrogen) atoms. The van der Waals surface area contributed by atoms with Crippen molar-refractivity contribution in [3.05, 3.63) is 33.9 Å². The summed E-state index contributed by atoms with van der Waals surface area (Å²) >= 11 is 1.28. The van der Waals surface area contributed by atoms with Crippen LogP contribution in [0.1, 0.15) is 36.0 Å². The molecule has 2 rings (SSSR count). The molecular formula is C14H18N2O4S. The van der Waals surface area contributed by atoms with E-state index >= 15 is 0 Å². The van der Waals surface area contributed by atoms with Gasteiger partial charge in [0.2, 0.25) is 0 Å². The molecule has 0 radical (unpaired) electrons. The van der Waals surface area contributed by atoms with Crippen LogP contribution in [0.3, 0.4) is 0 Å². The first kappa shape index (κ1) is 15.8. The number of rotatable bonds is 4. The highest BCUT2D eigenvalue weighted by Crippen LogP contribution is 2.28. The van der Waals surface area contributed by atoms with E-state index in [0.29, 0.717) is 23.3 Å². The zero-order valence-electron chi connectivity index (χ0n) is 11.7. The Hall–Kier alpha value is -1.60. The van der Waals surface area contributed by atoms with Crippen LogP contribution in [0.4, 0.5) is 5.69 Å². The van der Waals surface area contributed by atoms with Crippen LogP contribution in [0.2, 0.25) is 0 Å². The monoisotopic (exact) mass is 310 g/mol. The normalized spacial score (nSPS) is 21.8. The average Bonchev–Trinajstić information content (AvgIpc) is 2.48. The number of hydrogen-bond acceptors (Lipinski definition) is 5. The lowest BCUT2D eigenvalue weighted by molar-refractivity contribution is -0.387. The number of nitrogens with zero attached hydrogens (tertiary/aromatic N) is 1. The Morgan fingerprint density at radius 1 is 1.38 bits per heavy atom. The van der Waals surface area contributed by atoms with E-state index in [9.17, 15) is 20.0 Å². The minimum Gasteiger partial charge on any atom is -0.393 e. The lowest BCUT2D eigenvalue weighted by Crippen LogP contribution is -2.38.